The molecule has 0 unspecified atom stereocenters. The van der Waals surface area contributed by atoms with E-state index in [9.17, 15) is 24.3 Å². The molecular weight excluding hydrogens is 476 g/mol. The summed E-state index contributed by atoms with van der Waals surface area (Å²) < 4.78 is 10.5. The maximum absolute atomic E-state index is 13.2. The summed E-state index contributed by atoms with van der Waals surface area (Å²) >= 11 is 0. The van der Waals surface area contributed by atoms with Gasteiger partial charge < -0.3 is 24.8 Å². The third kappa shape index (κ3) is 7.17. The van der Waals surface area contributed by atoms with Crippen LogP contribution in [0.25, 0.3) is 0 Å². The summed E-state index contributed by atoms with van der Waals surface area (Å²) in [7, 11) is 3.71. The van der Waals surface area contributed by atoms with Crippen molar-refractivity contribution in [2.45, 2.75) is 26.1 Å². The van der Waals surface area contributed by atoms with Crippen LogP contribution in [0.1, 0.15) is 31.8 Å². The number of carbonyl (C=O) groups is 4. The van der Waals surface area contributed by atoms with Crippen LogP contribution >= 0.6 is 0 Å². The quantitative estimate of drug-likeness (QED) is 0.422. The van der Waals surface area contributed by atoms with Crippen LogP contribution in [-0.4, -0.2) is 55.2 Å². The van der Waals surface area contributed by atoms with E-state index in [1.54, 1.807) is 48.5 Å². The van der Waals surface area contributed by atoms with Crippen molar-refractivity contribution >= 4 is 35.2 Å². The molecule has 0 saturated heterocycles. The van der Waals surface area contributed by atoms with Gasteiger partial charge in [0.05, 0.1) is 11.1 Å². The molecule has 2 N–H and O–H groups in total. The first kappa shape index (κ1) is 26.9. The molecule has 3 aromatic carbocycles. The van der Waals surface area contributed by atoms with Crippen LogP contribution in [0.15, 0.2) is 72.8 Å². The topological polar surface area (TPSA) is 122 Å². The highest BCUT2D eigenvalue weighted by atomic mass is 16.6. The summed E-state index contributed by atoms with van der Waals surface area (Å²) in [4.78, 5) is 52.7. The van der Waals surface area contributed by atoms with E-state index in [0.29, 0.717) is 5.69 Å². The fourth-order valence-corrected chi connectivity index (χ4v) is 3.30. The van der Waals surface area contributed by atoms with Gasteiger partial charge >= 0.3 is 17.9 Å². The van der Waals surface area contributed by atoms with Crippen molar-refractivity contribution in [1.82, 2.24) is 0 Å². The van der Waals surface area contributed by atoms with Crippen LogP contribution in [-0.2, 0) is 19.1 Å². The van der Waals surface area contributed by atoms with Crippen molar-refractivity contribution in [2.75, 3.05) is 24.3 Å². The van der Waals surface area contributed by atoms with Crippen LogP contribution < -0.4 is 10.2 Å². The minimum atomic E-state index is -2.11. The van der Waals surface area contributed by atoms with Gasteiger partial charge in [0.1, 0.15) is 0 Å². The molecule has 37 heavy (non-hydrogen) atoms. The van der Waals surface area contributed by atoms with E-state index in [0.717, 1.165) is 16.8 Å². The number of esters is 2. The Bertz CT molecular complexity index is 1270. The highest BCUT2D eigenvalue weighted by Gasteiger charge is 2.41. The summed E-state index contributed by atoms with van der Waals surface area (Å²) in [5, 5.41) is 12.4. The predicted molar refractivity (Wildman–Crippen MR) is 138 cm³/mol. The largest absolute Gasteiger partial charge is 0.478 e. The third-order valence-corrected chi connectivity index (χ3v) is 5.47. The van der Waals surface area contributed by atoms with E-state index in [1.807, 2.05) is 32.8 Å². The number of nitrogens with zero attached hydrogens (tertiary/aromatic N) is 1. The molecule has 1 amide bonds. The Morgan fingerprint density at radius 1 is 0.703 bits per heavy atom. The Morgan fingerprint density at radius 3 is 1.54 bits per heavy atom. The van der Waals surface area contributed by atoms with Gasteiger partial charge in [-0.2, -0.15) is 0 Å². The number of rotatable bonds is 9. The Labute approximate surface area is 214 Å². The van der Waals surface area contributed by atoms with Crippen LogP contribution in [0, 0.1) is 13.8 Å². The molecule has 0 aliphatic carbocycles. The molecule has 3 aromatic rings. The number of benzene rings is 3. The minimum Gasteiger partial charge on any atom is -0.478 e. The number of amides is 1. The second kappa shape index (κ2) is 11.9. The lowest BCUT2D eigenvalue weighted by atomic mass is 10.1. The molecule has 0 heterocycles. The fourth-order valence-electron chi connectivity index (χ4n) is 3.30. The van der Waals surface area contributed by atoms with Crippen molar-refractivity contribution in [3.63, 3.8) is 0 Å². The van der Waals surface area contributed by atoms with Gasteiger partial charge in [-0.05, 0) is 62.4 Å². The summed E-state index contributed by atoms with van der Waals surface area (Å²) in [5.74, 6) is -4.55. The van der Waals surface area contributed by atoms with Gasteiger partial charge in [0, 0.05) is 25.5 Å². The average molecular weight is 505 g/mol. The standard InChI is InChI=1S/C28H28N2O7/c1-17-5-9-19(10-6-17)27(34)36-23(25(31)29-21-13-15-22(16-14-21)30(3)4)24(26(32)33)37-28(35)20-11-7-18(2)8-12-20/h5-16,23-24H,1-4H3,(H,29,31)(H,32,33)/t23-,24+/m1/s1. The summed E-state index contributed by atoms with van der Waals surface area (Å²) in [6.07, 6.45) is -4.08. The summed E-state index contributed by atoms with van der Waals surface area (Å²) in [5.41, 5.74) is 3.17. The van der Waals surface area contributed by atoms with E-state index in [1.165, 1.54) is 24.3 Å². The zero-order chi connectivity index (χ0) is 27.1. The molecule has 9 heteroatoms. The van der Waals surface area contributed by atoms with Crippen molar-refractivity contribution in [3.05, 3.63) is 95.1 Å². The van der Waals surface area contributed by atoms with Gasteiger partial charge in [0.25, 0.3) is 5.91 Å². The zero-order valence-electron chi connectivity index (χ0n) is 20.9. The number of hydrogen-bond donors (Lipinski definition) is 2. The SMILES string of the molecule is Cc1ccc(C(=O)O[C@H](C(=O)O)[C@@H](OC(=O)c2ccc(C)cc2)C(=O)Nc2ccc(N(C)C)cc2)cc1. The number of aryl methyl sites for hydroxylation is 2. The first-order valence-electron chi connectivity index (χ1n) is 11.4. The Hall–Kier alpha value is -4.66. The third-order valence-electron chi connectivity index (χ3n) is 5.47. The van der Waals surface area contributed by atoms with Gasteiger partial charge in [-0.25, -0.2) is 14.4 Å². The second-order valence-electron chi connectivity index (χ2n) is 8.65. The molecule has 0 spiro atoms. The number of ether oxygens (including phenoxy) is 2. The predicted octanol–water partition coefficient (Wildman–Crippen LogP) is 3.84. The number of aliphatic carboxylic acids is 1. The van der Waals surface area contributed by atoms with E-state index < -0.39 is 36.0 Å². The second-order valence-corrected chi connectivity index (χ2v) is 8.65. The normalized spacial score (nSPS) is 12.1. The van der Waals surface area contributed by atoms with Gasteiger partial charge in [-0.15, -0.1) is 0 Å². The monoisotopic (exact) mass is 504 g/mol. The smallest absolute Gasteiger partial charge is 0.349 e. The molecule has 0 aliphatic rings. The molecular formula is C28H28N2O7. The van der Waals surface area contributed by atoms with E-state index in [-0.39, 0.29) is 11.1 Å². The van der Waals surface area contributed by atoms with Crippen molar-refractivity contribution < 1.29 is 33.8 Å². The number of carboxylic acids is 1. The van der Waals surface area contributed by atoms with Gasteiger partial charge in [0.2, 0.25) is 12.2 Å². The van der Waals surface area contributed by atoms with Crippen LogP contribution in [0.4, 0.5) is 11.4 Å². The number of nitrogens with one attached hydrogen (secondary N) is 1. The van der Waals surface area contributed by atoms with Crippen molar-refractivity contribution in [1.29, 1.82) is 0 Å². The fraction of sp³-hybridized carbons (Fsp3) is 0.214. The molecule has 0 fully saturated rings. The van der Waals surface area contributed by atoms with Gasteiger partial charge in [0.15, 0.2) is 0 Å². The highest BCUT2D eigenvalue weighted by Crippen LogP contribution is 2.19. The van der Waals surface area contributed by atoms with Crippen LogP contribution in [0.2, 0.25) is 0 Å². The highest BCUT2D eigenvalue weighted by molar-refractivity contribution is 6.01. The molecule has 0 bridgehead atoms. The molecule has 3 rings (SSSR count). The Kier molecular flexibility index (Phi) is 8.63. The Morgan fingerprint density at radius 2 is 1.14 bits per heavy atom. The summed E-state index contributed by atoms with van der Waals surface area (Å²) in [6, 6.07) is 19.3. The van der Waals surface area contributed by atoms with Crippen molar-refractivity contribution in [3.8, 4) is 0 Å². The van der Waals surface area contributed by atoms with E-state index in [4.69, 9.17) is 9.47 Å². The van der Waals surface area contributed by atoms with Crippen LogP contribution in [0.5, 0.6) is 0 Å². The molecule has 0 aliphatic heterocycles. The molecule has 0 aromatic heterocycles. The molecule has 0 saturated carbocycles. The lowest BCUT2D eigenvalue weighted by molar-refractivity contribution is -0.157. The number of carboxylic acid groups (broad SMARTS) is 1. The molecule has 192 valence electrons. The van der Waals surface area contributed by atoms with E-state index in [2.05, 4.69) is 5.32 Å². The lowest BCUT2D eigenvalue weighted by Crippen LogP contribution is -2.48. The molecule has 2 atom stereocenters. The summed E-state index contributed by atoms with van der Waals surface area (Å²) in [6.45, 7) is 3.66. The van der Waals surface area contributed by atoms with E-state index >= 15 is 0 Å². The lowest BCUT2D eigenvalue weighted by Gasteiger charge is -2.24. The Balaban J connectivity index is 1.89. The van der Waals surface area contributed by atoms with Crippen molar-refractivity contribution in [2.24, 2.45) is 0 Å². The number of anilines is 2. The zero-order valence-corrected chi connectivity index (χ0v) is 20.9. The maximum atomic E-state index is 13.2. The molecule has 0 radical (unpaired) electrons. The number of carbonyl (C=O) groups excluding carboxylic acids is 3. The van der Waals surface area contributed by atoms with Gasteiger partial charge in [-0.1, -0.05) is 35.4 Å². The van der Waals surface area contributed by atoms with Crippen LogP contribution in [0.3, 0.4) is 0 Å². The average Bonchev–Trinajstić information content (AvgIpc) is 2.86. The number of hydrogen-bond acceptors (Lipinski definition) is 7. The minimum absolute atomic E-state index is 0.0835. The molecule has 9 nitrogen and oxygen atoms in total. The first-order valence-corrected chi connectivity index (χ1v) is 11.4. The first-order chi connectivity index (χ1) is 17.5. The van der Waals surface area contributed by atoms with Gasteiger partial charge in [-0.3, -0.25) is 4.79 Å². The maximum Gasteiger partial charge on any atom is 0.349 e.